The van der Waals surface area contributed by atoms with Crippen molar-refractivity contribution in [1.82, 2.24) is 0 Å². The predicted molar refractivity (Wildman–Crippen MR) is 77.2 cm³/mol. The summed E-state index contributed by atoms with van der Waals surface area (Å²) in [6.07, 6.45) is 0. The summed E-state index contributed by atoms with van der Waals surface area (Å²) < 4.78 is 13.7. The van der Waals surface area contributed by atoms with Gasteiger partial charge in [-0.25, -0.2) is 4.39 Å². The van der Waals surface area contributed by atoms with E-state index in [-0.39, 0.29) is 11.7 Å². The van der Waals surface area contributed by atoms with E-state index >= 15 is 0 Å². The molecule has 0 saturated heterocycles. The van der Waals surface area contributed by atoms with Crippen molar-refractivity contribution < 1.29 is 9.60 Å². The Hall–Kier alpha value is -1.53. The Morgan fingerprint density at radius 3 is 2.53 bits per heavy atom. The Kier molecular flexibility index (Phi) is 4.44. The molecule has 98 valence electrons. The van der Waals surface area contributed by atoms with E-state index < -0.39 is 0 Å². The summed E-state index contributed by atoms with van der Waals surface area (Å²) in [5, 5.41) is 11.8. The minimum absolute atomic E-state index is 0.0390. The van der Waals surface area contributed by atoms with Crippen LogP contribution in [0.3, 0.4) is 0 Å². The van der Waals surface area contributed by atoms with Gasteiger partial charge in [0.05, 0.1) is 0 Å². The van der Waals surface area contributed by atoms with E-state index in [0.29, 0.717) is 5.56 Å². The highest BCUT2D eigenvalue weighted by Crippen LogP contribution is 2.32. The summed E-state index contributed by atoms with van der Waals surface area (Å²) in [7, 11) is 0. The van der Waals surface area contributed by atoms with E-state index in [0.717, 1.165) is 14.3 Å². The van der Waals surface area contributed by atoms with Gasteiger partial charge in [-0.2, -0.15) is 0 Å². The smallest absolute Gasteiger partial charge is 0.171 e. The molecule has 0 spiro atoms. The van der Waals surface area contributed by atoms with Crippen molar-refractivity contribution in [2.24, 2.45) is 10.9 Å². The van der Waals surface area contributed by atoms with Gasteiger partial charge in [0, 0.05) is 19.8 Å². The zero-order valence-corrected chi connectivity index (χ0v) is 12.1. The third kappa shape index (κ3) is 3.48. The fourth-order valence-electron chi connectivity index (χ4n) is 1.48. The molecule has 0 saturated carbocycles. The number of amidine groups is 1. The first kappa shape index (κ1) is 13.9. The predicted octanol–water partition coefficient (Wildman–Crippen LogP) is 3.83. The Balaban J connectivity index is 2.38. The second kappa shape index (κ2) is 6.08. The van der Waals surface area contributed by atoms with Gasteiger partial charge >= 0.3 is 0 Å². The first-order valence-corrected chi connectivity index (χ1v) is 6.92. The number of halogens is 2. The molecular formula is C13H10BrFN2OS. The van der Waals surface area contributed by atoms with Crippen molar-refractivity contribution in [2.45, 2.75) is 9.79 Å². The van der Waals surface area contributed by atoms with E-state index in [4.69, 9.17) is 10.9 Å². The van der Waals surface area contributed by atoms with Crippen LogP contribution in [0.15, 0.2) is 61.9 Å². The highest BCUT2D eigenvalue weighted by atomic mass is 79.9. The van der Waals surface area contributed by atoms with Gasteiger partial charge in [-0.15, -0.1) is 0 Å². The topological polar surface area (TPSA) is 58.6 Å². The average molecular weight is 341 g/mol. The van der Waals surface area contributed by atoms with Crippen LogP contribution in [0.2, 0.25) is 0 Å². The number of hydrogen-bond acceptors (Lipinski definition) is 3. The maximum absolute atomic E-state index is 12.9. The highest BCUT2D eigenvalue weighted by molar-refractivity contribution is 9.10. The van der Waals surface area contributed by atoms with Crippen molar-refractivity contribution in [2.75, 3.05) is 0 Å². The van der Waals surface area contributed by atoms with Gasteiger partial charge in [-0.05, 0) is 42.5 Å². The monoisotopic (exact) mass is 340 g/mol. The summed E-state index contributed by atoms with van der Waals surface area (Å²) in [4.78, 5) is 1.68. The van der Waals surface area contributed by atoms with Gasteiger partial charge in [0.25, 0.3) is 0 Å². The molecular weight excluding hydrogens is 331 g/mol. The average Bonchev–Trinajstić information content (AvgIpc) is 2.41. The summed E-state index contributed by atoms with van der Waals surface area (Å²) in [6.45, 7) is 0. The summed E-state index contributed by atoms with van der Waals surface area (Å²) in [6, 6.07) is 11.6. The van der Waals surface area contributed by atoms with Gasteiger partial charge in [-0.1, -0.05) is 32.8 Å². The van der Waals surface area contributed by atoms with Crippen LogP contribution in [0, 0.1) is 5.82 Å². The molecule has 2 rings (SSSR count). The van der Waals surface area contributed by atoms with Gasteiger partial charge in [-0.3, -0.25) is 0 Å². The Bertz CT molecular complexity index is 617. The molecule has 0 atom stereocenters. The van der Waals surface area contributed by atoms with Crippen LogP contribution < -0.4 is 5.73 Å². The lowest BCUT2D eigenvalue weighted by atomic mass is 10.2. The van der Waals surface area contributed by atoms with Crippen LogP contribution >= 0.6 is 27.7 Å². The number of oxime groups is 1. The molecule has 0 aliphatic heterocycles. The normalized spacial score (nSPS) is 11.6. The van der Waals surface area contributed by atoms with Crippen molar-refractivity contribution in [3.05, 3.63) is 58.3 Å². The van der Waals surface area contributed by atoms with Gasteiger partial charge in [0.15, 0.2) is 5.84 Å². The quantitative estimate of drug-likeness (QED) is 0.386. The fourth-order valence-corrected chi connectivity index (χ4v) is 2.98. The number of benzene rings is 2. The second-order valence-corrected chi connectivity index (χ2v) is 5.71. The summed E-state index contributed by atoms with van der Waals surface area (Å²) in [5.74, 6) is -0.243. The van der Waals surface area contributed by atoms with E-state index in [2.05, 4.69) is 21.1 Å². The third-order valence-corrected chi connectivity index (χ3v) is 3.93. The van der Waals surface area contributed by atoms with Crippen LogP contribution in [0.4, 0.5) is 4.39 Å². The fraction of sp³-hybridized carbons (Fsp3) is 0. The molecule has 0 amide bonds. The molecule has 0 heterocycles. The molecule has 6 heteroatoms. The minimum atomic E-state index is -0.282. The van der Waals surface area contributed by atoms with Crippen molar-refractivity contribution in [3.8, 4) is 0 Å². The third-order valence-electron chi connectivity index (χ3n) is 2.37. The molecule has 0 fully saturated rings. The molecule has 2 aromatic carbocycles. The minimum Gasteiger partial charge on any atom is -0.409 e. The zero-order chi connectivity index (χ0) is 13.8. The van der Waals surface area contributed by atoms with E-state index in [1.807, 2.05) is 12.1 Å². The molecule has 2 aromatic rings. The number of rotatable bonds is 3. The Morgan fingerprint density at radius 2 is 1.89 bits per heavy atom. The maximum atomic E-state index is 12.9. The molecule has 0 radical (unpaired) electrons. The zero-order valence-electron chi connectivity index (χ0n) is 9.68. The number of nitrogens with zero attached hydrogens (tertiary/aromatic N) is 1. The van der Waals surface area contributed by atoms with Crippen molar-refractivity contribution >= 4 is 33.5 Å². The lowest BCUT2D eigenvalue weighted by Crippen LogP contribution is -2.14. The SMILES string of the molecule is N/C(=N/O)c1ccc(Br)cc1Sc1ccc(F)cc1. The summed E-state index contributed by atoms with van der Waals surface area (Å²) in [5.41, 5.74) is 6.26. The molecule has 19 heavy (non-hydrogen) atoms. The van der Waals surface area contributed by atoms with E-state index in [9.17, 15) is 4.39 Å². The van der Waals surface area contributed by atoms with E-state index in [1.54, 1.807) is 18.2 Å². The van der Waals surface area contributed by atoms with Crippen LogP contribution in [0.25, 0.3) is 0 Å². The lowest BCUT2D eigenvalue weighted by molar-refractivity contribution is 0.318. The van der Waals surface area contributed by atoms with Crippen LogP contribution in [0.5, 0.6) is 0 Å². The largest absolute Gasteiger partial charge is 0.409 e. The van der Waals surface area contributed by atoms with Crippen molar-refractivity contribution in [3.63, 3.8) is 0 Å². The first-order chi connectivity index (χ1) is 9.10. The molecule has 0 aliphatic rings. The molecule has 0 unspecified atom stereocenters. The van der Waals surface area contributed by atoms with Crippen molar-refractivity contribution in [1.29, 1.82) is 0 Å². The second-order valence-electron chi connectivity index (χ2n) is 3.68. The van der Waals surface area contributed by atoms with Crippen LogP contribution in [0.1, 0.15) is 5.56 Å². The van der Waals surface area contributed by atoms with Crippen LogP contribution in [-0.4, -0.2) is 11.0 Å². The molecule has 0 aliphatic carbocycles. The first-order valence-electron chi connectivity index (χ1n) is 5.31. The molecule has 3 nitrogen and oxygen atoms in total. The standard InChI is InChI=1S/C13H10BrFN2OS/c14-8-1-6-11(13(16)17-18)12(7-8)19-10-4-2-9(15)3-5-10/h1-7,18H,(H2,16,17). The number of hydrogen-bond donors (Lipinski definition) is 2. The van der Waals surface area contributed by atoms with E-state index in [1.165, 1.54) is 23.9 Å². The lowest BCUT2D eigenvalue weighted by Gasteiger charge is -2.08. The van der Waals surface area contributed by atoms with Gasteiger partial charge < -0.3 is 10.9 Å². The Morgan fingerprint density at radius 1 is 1.21 bits per heavy atom. The Labute approximate surface area is 122 Å². The maximum Gasteiger partial charge on any atom is 0.171 e. The van der Waals surface area contributed by atoms with Crippen LogP contribution in [-0.2, 0) is 0 Å². The van der Waals surface area contributed by atoms with Gasteiger partial charge in [0.2, 0.25) is 0 Å². The number of nitrogens with two attached hydrogens (primary N) is 1. The molecule has 3 N–H and O–H groups in total. The summed E-state index contributed by atoms with van der Waals surface area (Å²) >= 11 is 4.79. The molecule has 0 aromatic heterocycles. The highest BCUT2D eigenvalue weighted by Gasteiger charge is 2.09. The molecule has 0 bridgehead atoms. The van der Waals surface area contributed by atoms with Gasteiger partial charge in [0.1, 0.15) is 5.82 Å².